The Morgan fingerprint density at radius 3 is 2.00 bits per heavy atom. The third-order valence-corrected chi connectivity index (χ3v) is 12.1. The molecule has 2 aromatic rings. The second-order valence-electron chi connectivity index (χ2n) is 9.83. The zero-order chi connectivity index (χ0) is 20.7. The Hall–Kier alpha value is -1.46. The van der Waals surface area contributed by atoms with Gasteiger partial charge >= 0.3 is 0 Å². The van der Waals surface area contributed by atoms with E-state index in [1.807, 2.05) is 7.11 Å². The van der Waals surface area contributed by atoms with Gasteiger partial charge in [-0.2, -0.15) is 0 Å². The summed E-state index contributed by atoms with van der Waals surface area (Å²) in [6.45, 7) is 10.6. The smallest absolute Gasteiger partial charge is 0.261 e. The molecule has 1 saturated heterocycles. The van der Waals surface area contributed by atoms with Crippen molar-refractivity contribution in [1.29, 1.82) is 0 Å². The largest absolute Gasteiger partial charge is 0.404 e. The van der Waals surface area contributed by atoms with Gasteiger partial charge in [0.25, 0.3) is 8.32 Å². The lowest BCUT2D eigenvalue weighted by Gasteiger charge is -2.45. The van der Waals surface area contributed by atoms with Crippen molar-refractivity contribution in [3.63, 3.8) is 0 Å². The van der Waals surface area contributed by atoms with E-state index in [4.69, 9.17) is 13.9 Å². The Kier molecular flexibility index (Phi) is 5.49. The van der Waals surface area contributed by atoms with E-state index in [9.17, 15) is 0 Å². The minimum absolute atomic E-state index is 0.0306. The number of ether oxygens (including phenoxy) is 2. The molecule has 156 valence electrons. The number of hydrogen-bond donors (Lipinski definition) is 0. The first-order chi connectivity index (χ1) is 13.8. The van der Waals surface area contributed by atoms with Crippen LogP contribution in [0.2, 0.25) is 5.04 Å². The van der Waals surface area contributed by atoms with Crippen LogP contribution >= 0.6 is 0 Å². The molecule has 4 heteroatoms. The summed E-state index contributed by atoms with van der Waals surface area (Å²) in [5.41, 5.74) is -0.327. The van der Waals surface area contributed by atoms with Crippen LogP contribution in [0.3, 0.4) is 0 Å². The molecule has 0 N–H and O–H groups in total. The van der Waals surface area contributed by atoms with Crippen LogP contribution in [0.5, 0.6) is 0 Å². The summed E-state index contributed by atoms with van der Waals surface area (Å²) < 4.78 is 19.5. The third-order valence-electron chi connectivity index (χ3n) is 7.07. The highest BCUT2D eigenvalue weighted by molar-refractivity contribution is 6.99. The fourth-order valence-corrected chi connectivity index (χ4v) is 10.3. The number of rotatable bonds is 6. The van der Waals surface area contributed by atoms with Gasteiger partial charge in [-0.15, -0.1) is 0 Å². The lowest BCUT2D eigenvalue weighted by Crippen LogP contribution is -2.68. The Balaban J connectivity index is 1.78. The fourth-order valence-electron chi connectivity index (χ4n) is 5.72. The van der Waals surface area contributed by atoms with E-state index in [0.29, 0.717) is 18.4 Å². The maximum absolute atomic E-state index is 7.19. The summed E-state index contributed by atoms with van der Waals surface area (Å²) in [6, 6.07) is 21.7. The molecule has 2 aromatic carbocycles. The molecule has 4 rings (SSSR count). The van der Waals surface area contributed by atoms with Crippen molar-refractivity contribution in [2.75, 3.05) is 20.3 Å². The van der Waals surface area contributed by atoms with Gasteiger partial charge in [0.2, 0.25) is 0 Å². The number of hydrogen-bond acceptors (Lipinski definition) is 3. The van der Waals surface area contributed by atoms with Crippen molar-refractivity contribution in [3.05, 3.63) is 60.7 Å². The van der Waals surface area contributed by atoms with Crippen molar-refractivity contribution in [2.24, 2.45) is 11.8 Å². The van der Waals surface area contributed by atoms with Gasteiger partial charge in [-0.05, 0) is 27.8 Å². The molecule has 29 heavy (non-hydrogen) atoms. The molecule has 1 aliphatic carbocycles. The molecule has 1 aliphatic heterocycles. The first-order valence-electron chi connectivity index (χ1n) is 10.8. The minimum Gasteiger partial charge on any atom is -0.404 e. The quantitative estimate of drug-likeness (QED) is 0.674. The molecule has 2 bridgehead atoms. The van der Waals surface area contributed by atoms with Crippen LogP contribution in [0.1, 0.15) is 34.1 Å². The number of fused-ring (bicyclic) bond motifs is 2. The van der Waals surface area contributed by atoms with E-state index < -0.39 is 8.32 Å². The number of methoxy groups -OCH3 is 1. The highest BCUT2D eigenvalue weighted by Gasteiger charge is 2.61. The van der Waals surface area contributed by atoms with Crippen LogP contribution in [0.4, 0.5) is 0 Å². The van der Waals surface area contributed by atoms with Crippen molar-refractivity contribution < 1.29 is 13.9 Å². The average molecular weight is 411 g/mol. The van der Waals surface area contributed by atoms with E-state index >= 15 is 0 Å². The summed E-state index contributed by atoms with van der Waals surface area (Å²) in [6.07, 6.45) is 1.13. The monoisotopic (exact) mass is 410 g/mol. The summed E-state index contributed by atoms with van der Waals surface area (Å²) in [5, 5.41) is 2.59. The molecule has 4 atom stereocenters. The van der Waals surface area contributed by atoms with Crippen molar-refractivity contribution in [2.45, 2.75) is 50.9 Å². The van der Waals surface area contributed by atoms with Crippen LogP contribution in [0.25, 0.3) is 0 Å². The summed E-state index contributed by atoms with van der Waals surface area (Å²) in [4.78, 5) is 0. The van der Waals surface area contributed by atoms with Crippen molar-refractivity contribution in [3.8, 4) is 0 Å². The van der Waals surface area contributed by atoms with Gasteiger partial charge in [-0.1, -0.05) is 88.4 Å². The maximum Gasteiger partial charge on any atom is 0.261 e. The second-order valence-corrected chi connectivity index (χ2v) is 14.1. The van der Waals surface area contributed by atoms with Crippen LogP contribution in [-0.4, -0.2) is 40.3 Å². The third kappa shape index (κ3) is 3.30. The Bertz CT molecular complexity index is 777. The van der Waals surface area contributed by atoms with Crippen LogP contribution in [0, 0.1) is 11.8 Å². The zero-order valence-electron chi connectivity index (χ0n) is 18.4. The van der Waals surface area contributed by atoms with E-state index in [1.54, 1.807) is 0 Å². The normalized spacial score (nSPS) is 29.3. The molecule has 2 fully saturated rings. The molecule has 1 unspecified atom stereocenters. The predicted octanol–water partition coefficient (Wildman–Crippen LogP) is 4.00. The molecule has 1 saturated carbocycles. The molecule has 0 radical (unpaired) electrons. The Morgan fingerprint density at radius 2 is 1.55 bits per heavy atom. The summed E-state index contributed by atoms with van der Waals surface area (Å²) >= 11 is 0. The van der Waals surface area contributed by atoms with E-state index in [2.05, 4.69) is 88.4 Å². The highest BCUT2D eigenvalue weighted by Crippen LogP contribution is 2.50. The van der Waals surface area contributed by atoms with Gasteiger partial charge in [0, 0.05) is 13.0 Å². The van der Waals surface area contributed by atoms with Crippen LogP contribution in [-0.2, 0) is 13.9 Å². The van der Waals surface area contributed by atoms with Crippen molar-refractivity contribution in [1.82, 2.24) is 0 Å². The summed E-state index contributed by atoms with van der Waals surface area (Å²) in [7, 11) is -0.740. The SMILES string of the molecule is CO[C@H]1[C@@H]2CO[C@@]1(CO[Si](c1ccccc1)(c1ccccc1)C(C)(C)C)CC2C. The van der Waals surface area contributed by atoms with Crippen LogP contribution < -0.4 is 10.4 Å². The molecule has 3 nitrogen and oxygen atoms in total. The summed E-state index contributed by atoms with van der Waals surface area (Å²) in [5.74, 6) is 1.08. The standard InChI is InChI=1S/C25H34O3Si/c1-19-16-25(23(26-5)22(19)17-27-25)18-28-29(24(2,3)4,20-12-8-6-9-13-20)21-14-10-7-11-15-21/h6-15,19,22-23H,16-18H2,1-5H3/t19?,22-,23+,25-/m1/s1. The van der Waals surface area contributed by atoms with Crippen LogP contribution in [0.15, 0.2) is 60.7 Å². The fraction of sp³-hybridized carbons (Fsp3) is 0.520. The lowest BCUT2D eigenvalue weighted by molar-refractivity contribution is -0.0982. The van der Waals surface area contributed by atoms with E-state index in [0.717, 1.165) is 13.0 Å². The molecule has 0 amide bonds. The molecular weight excluding hydrogens is 376 g/mol. The lowest BCUT2D eigenvalue weighted by atomic mass is 9.98. The number of benzene rings is 2. The van der Waals surface area contributed by atoms with Gasteiger partial charge in [-0.3, -0.25) is 0 Å². The minimum atomic E-state index is -2.56. The highest BCUT2D eigenvalue weighted by atomic mass is 28.4. The molecule has 0 aromatic heterocycles. The van der Waals surface area contributed by atoms with Gasteiger partial charge < -0.3 is 13.9 Å². The zero-order valence-corrected chi connectivity index (χ0v) is 19.4. The first-order valence-corrected chi connectivity index (χ1v) is 12.7. The Labute approximate surface area is 176 Å². The molecule has 1 heterocycles. The molecule has 2 aliphatic rings. The van der Waals surface area contributed by atoms with E-state index in [-0.39, 0.29) is 16.7 Å². The van der Waals surface area contributed by atoms with E-state index in [1.165, 1.54) is 10.4 Å². The first kappa shape index (κ1) is 20.8. The van der Waals surface area contributed by atoms with Crippen molar-refractivity contribution >= 4 is 18.7 Å². The molecule has 0 spiro atoms. The second kappa shape index (κ2) is 7.66. The van der Waals surface area contributed by atoms with Gasteiger partial charge in [0.15, 0.2) is 0 Å². The Morgan fingerprint density at radius 1 is 1.00 bits per heavy atom. The van der Waals surface area contributed by atoms with Gasteiger partial charge in [-0.25, -0.2) is 0 Å². The maximum atomic E-state index is 7.19. The van der Waals surface area contributed by atoms with Gasteiger partial charge in [0.1, 0.15) is 5.60 Å². The topological polar surface area (TPSA) is 27.7 Å². The average Bonchev–Trinajstić information content (AvgIpc) is 3.20. The van der Waals surface area contributed by atoms with Gasteiger partial charge in [0.05, 0.1) is 19.3 Å². The molecular formula is C25H34O3Si. The predicted molar refractivity (Wildman–Crippen MR) is 120 cm³/mol.